The van der Waals surface area contributed by atoms with Crippen LogP contribution in [-0.4, -0.2) is 12.1 Å². The molecule has 1 unspecified atom stereocenters. The molecule has 1 aromatic carbocycles. The largest absolute Gasteiger partial charge is 0.460 e. The van der Waals surface area contributed by atoms with E-state index >= 15 is 0 Å². The van der Waals surface area contributed by atoms with E-state index in [9.17, 15) is 35.8 Å². The van der Waals surface area contributed by atoms with Crippen LogP contribution in [-0.2, 0) is 11.0 Å². The molecule has 0 aromatic heterocycles. The lowest BCUT2D eigenvalue weighted by Gasteiger charge is -2.30. The van der Waals surface area contributed by atoms with Crippen LogP contribution in [0.5, 0.6) is 0 Å². The van der Waals surface area contributed by atoms with Crippen molar-refractivity contribution >= 4 is 0 Å². The van der Waals surface area contributed by atoms with Crippen molar-refractivity contribution in [3.05, 3.63) is 35.4 Å². The molecule has 0 heterocycles. The van der Waals surface area contributed by atoms with Gasteiger partial charge in [0.05, 0.1) is 0 Å². The lowest BCUT2D eigenvalue weighted by Crippen LogP contribution is -2.50. The molecule has 1 aromatic rings. The molecule has 0 fully saturated rings. The summed E-state index contributed by atoms with van der Waals surface area (Å²) in [6.45, 7) is 2.71. The molecular weight excluding hydrogens is 305 g/mol. The van der Waals surface area contributed by atoms with E-state index in [-0.39, 0.29) is 0 Å². The topological polar surface area (TPSA) is 19.9 Å². The Morgan fingerprint density at radius 2 is 1.38 bits per heavy atom. The van der Waals surface area contributed by atoms with E-state index in [1.54, 1.807) is 0 Å². The molecule has 119 valence electrons. The van der Waals surface area contributed by atoms with Crippen molar-refractivity contribution < 1.29 is 35.8 Å². The molecule has 0 N–H and O–H groups in total. The van der Waals surface area contributed by atoms with Crippen LogP contribution >= 0.6 is 0 Å². The molecule has 0 amide bonds. The smallest absolute Gasteiger partial charge is 0.228 e. The molecule has 0 aliphatic carbocycles. The molecule has 0 saturated heterocycles. The van der Waals surface area contributed by atoms with Crippen LogP contribution < -0.4 is 0 Å². The van der Waals surface area contributed by atoms with Gasteiger partial charge in [0, 0.05) is 5.56 Å². The zero-order valence-electron chi connectivity index (χ0n) is 11.0. The highest BCUT2D eigenvalue weighted by molar-refractivity contribution is 5.35. The van der Waals surface area contributed by atoms with Crippen LogP contribution in [0.2, 0.25) is 0 Å². The molecule has 1 radical (unpaired) electrons. The molecule has 0 bridgehead atoms. The quantitative estimate of drug-likeness (QED) is 0.688. The highest BCUT2D eigenvalue weighted by Crippen LogP contribution is 2.53. The lowest BCUT2D eigenvalue weighted by molar-refractivity contribution is -0.359. The Hall–Kier alpha value is -1.31. The minimum atomic E-state index is -6.43. The highest BCUT2D eigenvalue weighted by Gasteiger charge is 2.73. The maximum absolute atomic E-state index is 13.7. The number of halogens is 7. The second-order valence-electron chi connectivity index (χ2n) is 4.90. The number of hydrogen-bond acceptors (Lipinski definition) is 0. The Morgan fingerprint density at radius 3 is 1.81 bits per heavy atom. The second kappa shape index (κ2) is 5.47. The van der Waals surface area contributed by atoms with E-state index in [2.05, 4.69) is 0 Å². The van der Waals surface area contributed by atoms with Crippen molar-refractivity contribution in [2.45, 2.75) is 38.0 Å². The van der Waals surface area contributed by atoms with Gasteiger partial charge in [-0.25, -0.2) is 5.11 Å². The van der Waals surface area contributed by atoms with Crippen molar-refractivity contribution in [1.82, 2.24) is 0 Å². The summed E-state index contributed by atoms with van der Waals surface area (Å²) in [5.74, 6) is -12.5. The van der Waals surface area contributed by atoms with E-state index in [1.165, 1.54) is 13.8 Å². The van der Waals surface area contributed by atoms with E-state index in [1.807, 2.05) is 0 Å². The summed E-state index contributed by atoms with van der Waals surface area (Å²) in [7, 11) is 0. The fourth-order valence-corrected chi connectivity index (χ4v) is 1.74. The minimum absolute atomic E-state index is 0.419. The van der Waals surface area contributed by atoms with Crippen LogP contribution in [0.4, 0.5) is 30.7 Å². The Labute approximate surface area is 116 Å². The first-order valence-corrected chi connectivity index (χ1v) is 5.91. The Balaban J connectivity index is 3.46. The van der Waals surface area contributed by atoms with Crippen LogP contribution in [0.1, 0.15) is 31.1 Å². The van der Waals surface area contributed by atoms with Crippen molar-refractivity contribution in [1.29, 1.82) is 0 Å². The maximum Gasteiger partial charge on any atom is 0.460 e. The molecule has 0 spiro atoms. The maximum atomic E-state index is 13.7. The van der Waals surface area contributed by atoms with Crippen LogP contribution in [0.15, 0.2) is 24.3 Å². The lowest BCUT2D eigenvalue weighted by atomic mass is 9.89. The number of hydrogen-bond donors (Lipinski definition) is 0. The summed E-state index contributed by atoms with van der Waals surface area (Å²) in [6, 6.07) is 3.27. The van der Waals surface area contributed by atoms with Crippen LogP contribution in [0.3, 0.4) is 0 Å². The second-order valence-corrected chi connectivity index (χ2v) is 4.90. The zero-order chi connectivity index (χ0) is 16.6. The average Bonchev–Trinajstić information content (AvgIpc) is 2.36. The van der Waals surface area contributed by atoms with Gasteiger partial charge in [0.15, 0.2) is 0 Å². The monoisotopic (exact) mass is 317 g/mol. The minimum Gasteiger partial charge on any atom is -0.228 e. The SMILES string of the molecule is CC(C)C([O])c1ccccc1C(F)(F)C(F)(F)C(F)(F)F. The summed E-state index contributed by atoms with van der Waals surface area (Å²) in [4.78, 5) is 0. The number of alkyl halides is 7. The molecule has 0 aliphatic rings. The Morgan fingerprint density at radius 1 is 0.905 bits per heavy atom. The third-order valence-electron chi connectivity index (χ3n) is 2.96. The molecular formula is C13H12F7O. The van der Waals surface area contributed by atoms with Crippen molar-refractivity contribution in [3.63, 3.8) is 0 Å². The normalized spacial score (nSPS) is 15.4. The number of rotatable bonds is 4. The molecule has 0 aliphatic heterocycles. The third kappa shape index (κ3) is 3.00. The summed E-state index contributed by atoms with van der Waals surface area (Å²) in [5.41, 5.74) is -2.36. The Bertz CT molecular complexity index is 494. The summed E-state index contributed by atoms with van der Waals surface area (Å²) < 4.78 is 90.1. The number of benzene rings is 1. The van der Waals surface area contributed by atoms with Gasteiger partial charge in [-0.1, -0.05) is 38.1 Å². The van der Waals surface area contributed by atoms with Gasteiger partial charge >= 0.3 is 18.0 Å². The predicted molar refractivity (Wildman–Crippen MR) is 59.6 cm³/mol. The molecule has 0 saturated carbocycles. The molecule has 1 rings (SSSR count). The molecule has 8 heteroatoms. The van der Waals surface area contributed by atoms with Gasteiger partial charge in [0.1, 0.15) is 6.10 Å². The van der Waals surface area contributed by atoms with Gasteiger partial charge in [-0.2, -0.15) is 30.7 Å². The Kier molecular flexibility index (Phi) is 4.62. The molecule has 1 nitrogen and oxygen atoms in total. The predicted octanol–water partition coefficient (Wildman–Crippen LogP) is 5.10. The van der Waals surface area contributed by atoms with Gasteiger partial charge < -0.3 is 0 Å². The van der Waals surface area contributed by atoms with Gasteiger partial charge in [-0.3, -0.25) is 0 Å². The van der Waals surface area contributed by atoms with Gasteiger partial charge in [-0.05, 0) is 11.5 Å². The first-order chi connectivity index (χ1) is 9.34. The zero-order valence-corrected chi connectivity index (χ0v) is 11.0. The molecule has 21 heavy (non-hydrogen) atoms. The molecule has 1 atom stereocenters. The van der Waals surface area contributed by atoms with Crippen molar-refractivity contribution in [3.8, 4) is 0 Å². The van der Waals surface area contributed by atoms with Gasteiger partial charge in [0.25, 0.3) is 0 Å². The fourth-order valence-electron chi connectivity index (χ4n) is 1.74. The van der Waals surface area contributed by atoms with Gasteiger partial charge in [0.2, 0.25) is 0 Å². The third-order valence-corrected chi connectivity index (χ3v) is 2.96. The summed E-state index contributed by atoms with van der Waals surface area (Å²) in [5, 5.41) is 11.8. The van der Waals surface area contributed by atoms with Crippen molar-refractivity contribution in [2.24, 2.45) is 5.92 Å². The summed E-state index contributed by atoms with van der Waals surface area (Å²) in [6.07, 6.45) is -8.27. The van der Waals surface area contributed by atoms with E-state index in [0.717, 1.165) is 18.2 Å². The van der Waals surface area contributed by atoms with Crippen molar-refractivity contribution in [2.75, 3.05) is 0 Å². The first kappa shape index (κ1) is 17.7. The van der Waals surface area contributed by atoms with Crippen LogP contribution in [0.25, 0.3) is 0 Å². The highest BCUT2D eigenvalue weighted by atomic mass is 19.4. The standard InChI is InChI=1S/C13H12F7O/c1-7(2)10(21)8-5-3-4-6-9(8)11(14,15)12(16,17)13(18,19)20/h3-7,10H,1-2H3. The average molecular weight is 317 g/mol. The first-order valence-electron chi connectivity index (χ1n) is 5.91. The summed E-state index contributed by atoms with van der Waals surface area (Å²) >= 11 is 0. The van der Waals surface area contributed by atoms with Gasteiger partial charge in [-0.15, -0.1) is 0 Å². The fraction of sp³-hybridized carbons (Fsp3) is 0.538. The van der Waals surface area contributed by atoms with E-state index in [4.69, 9.17) is 0 Å². The van der Waals surface area contributed by atoms with E-state index < -0.39 is 41.2 Å². The van der Waals surface area contributed by atoms with E-state index in [0.29, 0.717) is 6.07 Å². The van der Waals surface area contributed by atoms with Crippen LogP contribution in [0, 0.1) is 5.92 Å².